The molecule has 0 atom stereocenters. The van der Waals surface area contributed by atoms with E-state index in [1.54, 1.807) is 12.1 Å². The van der Waals surface area contributed by atoms with Gasteiger partial charge in [0.25, 0.3) is 0 Å². The largest absolute Gasteiger partial charge is 0.292 e. The fourth-order valence-corrected chi connectivity index (χ4v) is 2.50. The predicted octanol–water partition coefficient (Wildman–Crippen LogP) is 3.45. The van der Waals surface area contributed by atoms with Crippen LogP contribution < -0.4 is 0 Å². The summed E-state index contributed by atoms with van der Waals surface area (Å²) < 4.78 is 3.41. The molecule has 7 heteroatoms. The summed E-state index contributed by atoms with van der Waals surface area (Å²) in [5, 5.41) is 4.04. The van der Waals surface area contributed by atoms with Gasteiger partial charge in [-0.2, -0.15) is 4.98 Å². The minimum Gasteiger partial charge on any atom is -0.292 e. The van der Waals surface area contributed by atoms with Crippen molar-refractivity contribution in [2.45, 2.75) is 6.54 Å². The molecule has 0 spiro atoms. The predicted molar refractivity (Wildman–Crippen MR) is 73.9 cm³/mol. The number of Topliss-reactive ketones (excluding diaryl/α,β-unsaturated/α-hetero) is 1. The first-order valence-corrected chi connectivity index (χ1v) is 6.99. The lowest BCUT2D eigenvalue weighted by atomic mass is 10.1. The molecular weight excluding hydrogens is 418 g/mol. The molecule has 2 aromatic rings. The van der Waals surface area contributed by atoms with Gasteiger partial charge in [0.05, 0.1) is 0 Å². The van der Waals surface area contributed by atoms with Crippen LogP contribution in [-0.2, 0) is 6.54 Å². The van der Waals surface area contributed by atoms with Crippen molar-refractivity contribution in [3.63, 3.8) is 0 Å². The molecule has 17 heavy (non-hydrogen) atoms. The fraction of sp³-hybridized carbons (Fsp3) is 0.100. The van der Waals surface area contributed by atoms with Gasteiger partial charge in [0, 0.05) is 10.0 Å². The van der Waals surface area contributed by atoms with Crippen LogP contribution in [0.4, 0.5) is 0 Å². The Hall–Kier alpha value is -0.530. The second kappa shape index (κ2) is 5.41. The number of benzene rings is 1. The van der Waals surface area contributed by atoms with Crippen LogP contribution in [0.25, 0.3) is 0 Å². The van der Waals surface area contributed by atoms with Gasteiger partial charge in [-0.15, -0.1) is 5.10 Å². The van der Waals surface area contributed by atoms with E-state index in [0.717, 1.165) is 4.47 Å². The molecule has 0 fully saturated rings. The molecule has 1 heterocycles. The smallest absolute Gasteiger partial charge is 0.218 e. The van der Waals surface area contributed by atoms with Crippen molar-refractivity contribution in [3.8, 4) is 0 Å². The molecule has 1 aromatic carbocycles. The Bertz CT molecular complexity index is 550. The molecule has 2 rings (SSSR count). The Labute approximate surface area is 123 Å². The van der Waals surface area contributed by atoms with E-state index in [1.165, 1.54) is 4.68 Å². The molecule has 0 saturated carbocycles. The number of nitrogens with zero attached hydrogens (tertiary/aromatic N) is 3. The van der Waals surface area contributed by atoms with Gasteiger partial charge in [0.15, 0.2) is 10.5 Å². The molecule has 0 saturated heterocycles. The van der Waals surface area contributed by atoms with E-state index in [1.807, 2.05) is 12.1 Å². The number of halogens is 3. The number of ketones is 1. The highest BCUT2D eigenvalue weighted by Crippen LogP contribution is 2.14. The summed E-state index contributed by atoms with van der Waals surface area (Å²) in [6.45, 7) is 0.154. The lowest BCUT2D eigenvalue weighted by Gasteiger charge is -2.02. The minimum atomic E-state index is -0.0180. The first kappa shape index (κ1) is 12.9. The van der Waals surface area contributed by atoms with Crippen molar-refractivity contribution >= 4 is 53.6 Å². The van der Waals surface area contributed by atoms with Gasteiger partial charge in [-0.25, -0.2) is 4.68 Å². The fourth-order valence-electron chi connectivity index (χ4n) is 1.26. The quantitative estimate of drug-likeness (QED) is 0.710. The number of rotatable bonds is 3. The van der Waals surface area contributed by atoms with Gasteiger partial charge in [-0.05, 0) is 44.0 Å². The van der Waals surface area contributed by atoms with E-state index in [-0.39, 0.29) is 12.3 Å². The Balaban J connectivity index is 2.17. The number of carbonyl (C=O) groups is 1. The Morgan fingerprint density at radius 2 is 1.82 bits per heavy atom. The van der Waals surface area contributed by atoms with E-state index in [9.17, 15) is 4.79 Å². The normalized spacial score (nSPS) is 10.5. The number of hydrogen-bond donors (Lipinski definition) is 0. The average Bonchev–Trinajstić information content (AvgIpc) is 2.58. The SMILES string of the molecule is O=C(Cn1nc(Br)nc1Br)c1ccc(Br)cc1. The molecule has 0 unspecified atom stereocenters. The maximum Gasteiger partial charge on any atom is 0.218 e. The molecule has 0 N–H and O–H groups in total. The van der Waals surface area contributed by atoms with Crippen LogP contribution in [0.15, 0.2) is 38.2 Å². The molecule has 0 aliphatic carbocycles. The molecule has 0 radical (unpaired) electrons. The summed E-state index contributed by atoms with van der Waals surface area (Å²) in [5.41, 5.74) is 0.645. The zero-order valence-electron chi connectivity index (χ0n) is 8.40. The van der Waals surface area contributed by atoms with Crippen molar-refractivity contribution in [2.24, 2.45) is 0 Å². The van der Waals surface area contributed by atoms with Gasteiger partial charge in [-0.3, -0.25) is 4.79 Å². The Kier molecular flexibility index (Phi) is 4.11. The van der Waals surface area contributed by atoms with Crippen LogP contribution in [0.1, 0.15) is 10.4 Å². The van der Waals surface area contributed by atoms with E-state index >= 15 is 0 Å². The summed E-state index contributed by atoms with van der Waals surface area (Å²) in [6, 6.07) is 7.21. The van der Waals surface area contributed by atoms with Crippen LogP contribution in [0.2, 0.25) is 0 Å². The molecule has 0 bridgehead atoms. The van der Waals surface area contributed by atoms with Crippen LogP contribution in [0.3, 0.4) is 0 Å². The molecule has 1 aromatic heterocycles. The average molecular weight is 424 g/mol. The number of aromatic nitrogens is 3. The lowest BCUT2D eigenvalue weighted by molar-refractivity contribution is 0.0966. The van der Waals surface area contributed by atoms with Gasteiger partial charge < -0.3 is 0 Å². The maximum absolute atomic E-state index is 11.9. The minimum absolute atomic E-state index is 0.0180. The van der Waals surface area contributed by atoms with Gasteiger partial charge in [0.1, 0.15) is 6.54 Å². The summed E-state index contributed by atoms with van der Waals surface area (Å²) in [5.74, 6) is -0.0180. The molecule has 0 amide bonds. The third-order valence-corrected chi connectivity index (χ3v) is 3.51. The third-order valence-electron chi connectivity index (χ3n) is 2.06. The van der Waals surface area contributed by atoms with Crippen LogP contribution in [0, 0.1) is 0 Å². The zero-order chi connectivity index (χ0) is 12.4. The second-order valence-corrected chi connectivity index (χ2v) is 5.57. The summed E-state index contributed by atoms with van der Waals surface area (Å²) in [6.07, 6.45) is 0. The van der Waals surface area contributed by atoms with E-state index in [2.05, 4.69) is 57.9 Å². The second-order valence-electron chi connectivity index (χ2n) is 3.24. The zero-order valence-corrected chi connectivity index (χ0v) is 13.2. The third kappa shape index (κ3) is 3.23. The molecule has 0 aliphatic heterocycles. The number of hydrogen-bond acceptors (Lipinski definition) is 3. The van der Waals surface area contributed by atoms with Crippen molar-refractivity contribution < 1.29 is 4.79 Å². The van der Waals surface area contributed by atoms with Gasteiger partial charge in [0.2, 0.25) is 4.73 Å². The monoisotopic (exact) mass is 421 g/mol. The van der Waals surface area contributed by atoms with E-state index in [0.29, 0.717) is 15.0 Å². The molecule has 4 nitrogen and oxygen atoms in total. The highest BCUT2D eigenvalue weighted by atomic mass is 79.9. The van der Waals surface area contributed by atoms with Crippen LogP contribution in [0.5, 0.6) is 0 Å². The molecule has 88 valence electrons. The van der Waals surface area contributed by atoms with Crippen LogP contribution in [-0.4, -0.2) is 20.5 Å². The molecule has 0 aliphatic rings. The standard InChI is InChI=1S/C10H6Br3N3O/c11-7-3-1-6(2-4-7)8(17)5-16-10(13)14-9(12)15-16/h1-4H,5H2. The van der Waals surface area contributed by atoms with Crippen molar-refractivity contribution in [1.82, 2.24) is 14.8 Å². The first-order chi connectivity index (χ1) is 8.06. The lowest BCUT2D eigenvalue weighted by Crippen LogP contribution is -2.12. The Morgan fingerprint density at radius 1 is 1.18 bits per heavy atom. The topological polar surface area (TPSA) is 47.8 Å². The summed E-state index contributed by atoms with van der Waals surface area (Å²) in [4.78, 5) is 15.9. The van der Waals surface area contributed by atoms with Crippen molar-refractivity contribution in [3.05, 3.63) is 43.8 Å². The highest BCUT2D eigenvalue weighted by Gasteiger charge is 2.11. The summed E-state index contributed by atoms with van der Waals surface area (Å²) in [7, 11) is 0. The van der Waals surface area contributed by atoms with E-state index in [4.69, 9.17) is 0 Å². The number of carbonyl (C=O) groups excluding carboxylic acids is 1. The molecular formula is C10H6Br3N3O. The maximum atomic E-state index is 11.9. The first-order valence-electron chi connectivity index (χ1n) is 4.61. The van der Waals surface area contributed by atoms with Crippen molar-refractivity contribution in [2.75, 3.05) is 0 Å². The van der Waals surface area contributed by atoms with Crippen molar-refractivity contribution in [1.29, 1.82) is 0 Å². The highest BCUT2D eigenvalue weighted by molar-refractivity contribution is 9.11. The summed E-state index contributed by atoms with van der Waals surface area (Å²) >= 11 is 9.70. The van der Waals surface area contributed by atoms with Gasteiger partial charge >= 0.3 is 0 Å². The van der Waals surface area contributed by atoms with Crippen LogP contribution >= 0.6 is 47.8 Å². The van der Waals surface area contributed by atoms with E-state index < -0.39 is 0 Å². The van der Waals surface area contributed by atoms with Gasteiger partial charge in [-0.1, -0.05) is 28.1 Å². The Morgan fingerprint density at radius 3 is 2.35 bits per heavy atom.